The quantitative estimate of drug-likeness (QED) is 0.269. The van der Waals surface area contributed by atoms with Gasteiger partial charge in [0.2, 0.25) is 11.8 Å². The van der Waals surface area contributed by atoms with Crippen molar-refractivity contribution in [2.75, 3.05) is 14.2 Å². The van der Waals surface area contributed by atoms with Gasteiger partial charge in [-0.2, -0.15) is 0 Å². The van der Waals surface area contributed by atoms with Crippen molar-refractivity contribution in [2.45, 2.75) is 25.7 Å². The fourth-order valence-electron chi connectivity index (χ4n) is 4.61. The number of furan rings is 1. The second-order valence-corrected chi connectivity index (χ2v) is 9.03. The van der Waals surface area contributed by atoms with Crippen LogP contribution in [0, 0.1) is 0 Å². The highest BCUT2D eigenvalue weighted by atomic mass is 16.5. The Labute approximate surface area is 231 Å². The number of carbonyl (C=O) groups excluding carboxylic acids is 2. The summed E-state index contributed by atoms with van der Waals surface area (Å²) in [7, 11) is 3.02. The fourth-order valence-corrected chi connectivity index (χ4v) is 4.61. The highest BCUT2D eigenvalue weighted by molar-refractivity contribution is 5.90. The minimum Gasteiger partial charge on any atom is -0.493 e. The Morgan fingerprint density at radius 1 is 0.950 bits per heavy atom. The second kappa shape index (κ2) is 12.2. The van der Waals surface area contributed by atoms with E-state index in [0.717, 1.165) is 5.56 Å². The van der Waals surface area contributed by atoms with E-state index in [9.17, 15) is 9.59 Å². The smallest absolute Gasteiger partial charge is 0.247 e. The molecule has 2 amide bonds. The van der Waals surface area contributed by atoms with Gasteiger partial charge in [-0.1, -0.05) is 59.8 Å². The number of hydrogen-bond acceptors (Lipinski definition) is 7. The van der Waals surface area contributed by atoms with Gasteiger partial charge in [0.1, 0.15) is 23.9 Å². The molecule has 0 saturated heterocycles. The van der Waals surface area contributed by atoms with Crippen molar-refractivity contribution >= 4 is 22.8 Å². The van der Waals surface area contributed by atoms with E-state index < -0.39 is 11.9 Å². The molecule has 5 rings (SSSR count). The molecule has 3 aromatic carbocycles. The van der Waals surface area contributed by atoms with Crippen LogP contribution in [0.25, 0.3) is 11.0 Å². The third-order valence-electron chi connectivity index (χ3n) is 6.53. The summed E-state index contributed by atoms with van der Waals surface area (Å²) in [5, 5.41) is 11.3. The molecule has 0 unspecified atom stereocenters. The van der Waals surface area contributed by atoms with E-state index in [0.29, 0.717) is 33.9 Å². The SMILES string of the molecule is COc1cccc([C@@H](C(=O)NCc2ccccc2)N(Cc2ccco2)C(=O)Cn2nnc3ccccc32)c1OC. The van der Waals surface area contributed by atoms with Crippen LogP contribution in [0.3, 0.4) is 0 Å². The summed E-state index contributed by atoms with van der Waals surface area (Å²) in [6.45, 7) is 0.164. The monoisotopic (exact) mass is 539 g/mol. The zero-order valence-corrected chi connectivity index (χ0v) is 22.2. The van der Waals surface area contributed by atoms with E-state index in [-0.39, 0.29) is 25.5 Å². The zero-order chi connectivity index (χ0) is 27.9. The molecule has 0 aliphatic carbocycles. The van der Waals surface area contributed by atoms with Gasteiger partial charge < -0.3 is 24.1 Å². The van der Waals surface area contributed by atoms with Gasteiger partial charge in [0, 0.05) is 12.1 Å². The van der Waals surface area contributed by atoms with Crippen molar-refractivity contribution in [1.29, 1.82) is 0 Å². The molecule has 2 heterocycles. The molecule has 1 atom stereocenters. The molecule has 40 heavy (non-hydrogen) atoms. The maximum atomic E-state index is 14.1. The molecule has 0 saturated carbocycles. The molecule has 2 aromatic heterocycles. The Kier molecular flexibility index (Phi) is 8.05. The zero-order valence-electron chi connectivity index (χ0n) is 22.2. The van der Waals surface area contributed by atoms with E-state index in [1.54, 1.807) is 30.3 Å². The van der Waals surface area contributed by atoms with Crippen LogP contribution in [0.1, 0.15) is 22.9 Å². The highest BCUT2D eigenvalue weighted by Crippen LogP contribution is 2.38. The molecule has 204 valence electrons. The first-order valence-corrected chi connectivity index (χ1v) is 12.7. The lowest BCUT2D eigenvalue weighted by molar-refractivity contribution is -0.142. The number of benzene rings is 3. The average Bonchev–Trinajstić information content (AvgIpc) is 3.66. The number of methoxy groups -OCH3 is 2. The van der Waals surface area contributed by atoms with E-state index >= 15 is 0 Å². The summed E-state index contributed by atoms with van der Waals surface area (Å²) in [6, 6.07) is 24.6. The van der Waals surface area contributed by atoms with Crippen LogP contribution in [0.4, 0.5) is 0 Å². The highest BCUT2D eigenvalue weighted by Gasteiger charge is 2.35. The van der Waals surface area contributed by atoms with Crippen molar-refractivity contribution < 1.29 is 23.5 Å². The molecule has 5 aromatic rings. The van der Waals surface area contributed by atoms with Gasteiger partial charge in [0.05, 0.1) is 32.5 Å². The molecular formula is C30H29N5O5. The predicted octanol–water partition coefficient (Wildman–Crippen LogP) is 4.13. The van der Waals surface area contributed by atoms with E-state index in [2.05, 4.69) is 15.6 Å². The van der Waals surface area contributed by atoms with Crippen LogP contribution in [0.2, 0.25) is 0 Å². The van der Waals surface area contributed by atoms with Crippen molar-refractivity contribution in [2.24, 2.45) is 0 Å². The molecule has 0 aliphatic heterocycles. The van der Waals surface area contributed by atoms with Crippen LogP contribution in [0.15, 0.2) is 95.6 Å². The number of aromatic nitrogens is 3. The van der Waals surface area contributed by atoms with E-state index in [1.807, 2.05) is 54.6 Å². The largest absolute Gasteiger partial charge is 0.493 e. The van der Waals surface area contributed by atoms with Crippen molar-refractivity contribution in [3.63, 3.8) is 0 Å². The topological polar surface area (TPSA) is 112 Å². The summed E-state index contributed by atoms with van der Waals surface area (Å²) in [4.78, 5) is 29.5. The lowest BCUT2D eigenvalue weighted by atomic mass is 10.0. The van der Waals surface area contributed by atoms with Gasteiger partial charge in [0.15, 0.2) is 11.5 Å². The summed E-state index contributed by atoms with van der Waals surface area (Å²) in [5.74, 6) is 0.553. The molecular weight excluding hydrogens is 510 g/mol. The number of hydrogen-bond donors (Lipinski definition) is 1. The van der Waals surface area contributed by atoms with Gasteiger partial charge in [0.25, 0.3) is 0 Å². The molecule has 0 bridgehead atoms. The van der Waals surface area contributed by atoms with Gasteiger partial charge in [-0.05, 0) is 35.9 Å². The average molecular weight is 540 g/mol. The normalized spacial score (nSPS) is 11.7. The number of nitrogens with zero attached hydrogens (tertiary/aromatic N) is 4. The van der Waals surface area contributed by atoms with Gasteiger partial charge in [-0.25, -0.2) is 4.68 Å². The van der Waals surface area contributed by atoms with Crippen LogP contribution in [0.5, 0.6) is 11.5 Å². The fraction of sp³-hybridized carbons (Fsp3) is 0.200. The summed E-state index contributed by atoms with van der Waals surface area (Å²) < 4.78 is 18.3. The molecule has 0 radical (unpaired) electrons. The number of amides is 2. The lowest BCUT2D eigenvalue weighted by Crippen LogP contribution is -2.44. The number of fused-ring (bicyclic) bond motifs is 1. The van der Waals surface area contributed by atoms with Crippen molar-refractivity contribution in [3.05, 3.63) is 108 Å². The molecule has 0 spiro atoms. The van der Waals surface area contributed by atoms with Crippen LogP contribution in [-0.4, -0.2) is 45.9 Å². The maximum Gasteiger partial charge on any atom is 0.247 e. The van der Waals surface area contributed by atoms with Gasteiger partial charge in [-0.15, -0.1) is 5.10 Å². The van der Waals surface area contributed by atoms with E-state index in [1.165, 1.54) is 30.1 Å². The Bertz CT molecular complexity index is 1580. The molecule has 0 aliphatic rings. The Hall–Kier alpha value is -5.12. The Balaban J connectivity index is 1.56. The Morgan fingerprint density at radius 2 is 1.75 bits per heavy atom. The number of carbonyl (C=O) groups is 2. The molecule has 10 nitrogen and oxygen atoms in total. The number of ether oxygens (including phenoxy) is 2. The summed E-state index contributed by atoms with van der Waals surface area (Å²) in [6.07, 6.45) is 1.53. The molecule has 10 heteroatoms. The standard InChI is InChI=1S/C30H29N5O5/c1-38-26-16-8-13-23(29(26)39-2)28(30(37)31-18-21-10-4-3-5-11-21)34(19-22-12-9-17-40-22)27(36)20-35-25-15-7-6-14-24(25)32-33-35/h3-17,28H,18-20H2,1-2H3,(H,31,37)/t28-/m0/s1. The lowest BCUT2D eigenvalue weighted by Gasteiger charge is -2.32. The second-order valence-electron chi connectivity index (χ2n) is 9.03. The third kappa shape index (κ3) is 5.65. The number of nitrogens with one attached hydrogen (secondary N) is 1. The maximum absolute atomic E-state index is 14.1. The first-order valence-electron chi connectivity index (χ1n) is 12.7. The summed E-state index contributed by atoms with van der Waals surface area (Å²) in [5.41, 5.74) is 2.76. The number of rotatable bonds is 11. The van der Waals surface area contributed by atoms with E-state index in [4.69, 9.17) is 13.9 Å². The first-order chi connectivity index (χ1) is 19.6. The third-order valence-corrected chi connectivity index (χ3v) is 6.53. The minimum absolute atomic E-state index is 0.0300. The van der Waals surface area contributed by atoms with Crippen LogP contribution < -0.4 is 14.8 Å². The minimum atomic E-state index is -1.08. The van der Waals surface area contributed by atoms with Gasteiger partial charge >= 0.3 is 0 Å². The molecule has 0 fully saturated rings. The van der Waals surface area contributed by atoms with Crippen LogP contribution in [-0.2, 0) is 29.2 Å². The predicted molar refractivity (Wildman–Crippen MR) is 147 cm³/mol. The number of para-hydroxylation sites is 2. The first kappa shape index (κ1) is 26.5. The summed E-state index contributed by atoms with van der Waals surface area (Å²) >= 11 is 0. The van der Waals surface area contributed by atoms with Crippen LogP contribution >= 0.6 is 0 Å². The Morgan fingerprint density at radius 3 is 2.50 bits per heavy atom. The molecule has 1 N–H and O–H groups in total. The van der Waals surface area contributed by atoms with Crippen molar-refractivity contribution in [3.8, 4) is 11.5 Å². The van der Waals surface area contributed by atoms with Crippen molar-refractivity contribution in [1.82, 2.24) is 25.2 Å². The van der Waals surface area contributed by atoms with Gasteiger partial charge in [-0.3, -0.25) is 9.59 Å².